The lowest BCUT2D eigenvalue weighted by Gasteiger charge is -2.24. The van der Waals surface area contributed by atoms with E-state index >= 15 is 0 Å². The molecule has 3 aromatic carbocycles. The zero-order valence-corrected chi connectivity index (χ0v) is 23.9. The molecule has 0 saturated carbocycles. The third-order valence-corrected chi connectivity index (χ3v) is 7.61. The largest absolute Gasteiger partial charge is 0.497 e. The van der Waals surface area contributed by atoms with E-state index in [9.17, 15) is 14.4 Å². The number of carbonyl (C=O) groups excluding carboxylic acids is 2. The Morgan fingerprint density at radius 1 is 0.927 bits per heavy atom. The number of esters is 2. The summed E-state index contributed by atoms with van der Waals surface area (Å²) in [7, 11) is 1.56. The predicted molar refractivity (Wildman–Crippen MR) is 156 cm³/mol. The van der Waals surface area contributed by atoms with Crippen LogP contribution in [0.5, 0.6) is 11.5 Å². The number of aromatic nitrogens is 1. The maximum atomic E-state index is 13.7. The van der Waals surface area contributed by atoms with Gasteiger partial charge in [0.1, 0.15) is 11.5 Å². The molecule has 1 aliphatic heterocycles. The van der Waals surface area contributed by atoms with Crippen LogP contribution in [0.2, 0.25) is 0 Å². The SMILES string of the molecule is CCOC(=O)C1=C(C)N=c2s/c(=C\c3ccc(OC(=O)c4ccc(OC)cc4)cc3)c(=O)n2[C@H]1c1ccc(C)cc1. The Hall–Kier alpha value is -4.76. The van der Waals surface area contributed by atoms with Gasteiger partial charge in [-0.2, -0.15) is 0 Å². The molecular formula is C32H28N2O6S. The van der Waals surface area contributed by atoms with Gasteiger partial charge in [-0.1, -0.05) is 53.3 Å². The first-order valence-electron chi connectivity index (χ1n) is 13.0. The summed E-state index contributed by atoms with van der Waals surface area (Å²) >= 11 is 1.25. The molecule has 0 saturated heterocycles. The Kier molecular flexibility index (Phi) is 7.98. The van der Waals surface area contributed by atoms with E-state index in [1.165, 1.54) is 11.3 Å². The molecule has 0 amide bonds. The highest BCUT2D eigenvalue weighted by Gasteiger charge is 2.33. The maximum absolute atomic E-state index is 13.7. The minimum absolute atomic E-state index is 0.214. The van der Waals surface area contributed by atoms with Crippen LogP contribution in [0.3, 0.4) is 0 Å². The number of carbonyl (C=O) groups is 2. The molecule has 0 fully saturated rings. The van der Waals surface area contributed by atoms with Gasteiger partial charge in [0.05, 0.1) is 41.1 Å². The molecule has 1 aliphatic rings. The van der Waals surface area contributed by atoms with Crippen molar-refractivity contribution in [1.82, 2.24) is 4.57 Å². The van der Waals surface area contributed by atoms with Crippen molar-refractivity contribution in [2.24, 2.45) is 4.99 Å². The first-order valence-corrected chi connectivity index (χ1v) is 13.8. The summed E-state index contributed by atoms with van der Waals surface area (Å²) in [6.45, 7) is 5.70. The van der Waals surface area contributed by atoms with Gasteiger partial charge < -0.3 is 14.2 Å². The van der Waals surface area contributed by atoms with Crippen molar-refractivity contribution in [3.63, 3.8) is 0 Å². The van der Waals surface area contributed by atoms with Gasteiger partial charge in [0.25, 0.3) is 5.56 Å². The van der Waals surface area contributed by atoms with Crippen LogP contribution >= 0.6 is 11.3 Å². The van der Waals surface area contributed by atoms with Gasteiger partial charge >= 0.3 is 11.9 Å². The Morgan fingerprint density at radius 2 is 1.59 bits per heavy atom. The second kappa shape index (κ2) is 11.8. The number of hydrogen-bond donors (Lipinski definition) is 0. The molecule has 2 heterocycles. The smallest absolute Gasteiger partial charge is 0.343 e. The van der Waals surface area contributed by atoms with Crippen LogP contribution in [-0.4, -0.2) is 30.2 Å². The van der Waals surface area contributed by atoms with E-state index in [2.05, 4.69) is 4.99 Å². The van der Waals surface area contributed by atoms with Gasteiger partial charge in [0.15, 0.2) is 4.80 Å². The van der Waals surface area contributed by atoms with E-state index in [0.29, 0.717) is 37.7 Å². The fourth-order valence-electron chi connectivity index (χ4n) is 4.53. The summed E-state index contributed by atoms with van der Waals surface area (Å²) in [5, 5.41) is 0. The molecule has 0 unspecified atom stereocenters. The average molecular weight is 569 g/mol. The van der Waals surface area contributed by atoms with E-state index in [4.69, 9.17) is 14.2 Å². The maximum Gasteiger partial charge on any atom is 0.343 e. The molecule has 208 valence electrons. The van der Waals surface area contributed by atoms with Crippen LogP contribution in [0.15, 0.2) is 93.9 Å². The Morgan fingerprint density at radius 3 is 2.22 bits per heavy atom. The summed E-state index contributed by atoms with van der Waals surface area (Å²) < 4.78 is 18.0. The van der Waals surface area contributed by atoms with Crippen molar-refractivity contribution in [3.8, 4) is 11.5 Å². The predicted octanol–water partition coefficient (Wildman–Crippen LogP) is 4.33. The number of nitrogens with zero attached hydrogens (tertiary/aromatic N) is 2. The molecule has 9 heteroatoms. The molecule has 4 aromatic rings. The van der Waals surface area contributed by atoms with Crippen molar-refractivity contribution in [3.05, 3.63) is 126 Å². The number of thiazole rings is 1. The number of aryl methyl sites for hydroxylation is 1. The van der Waals surface area contributed by atoms with E-state index in [-0.39, 0.29) is 12.2 Å². The Labute approximate surface area is 240 Å². The first-order chi connectivity index (χ1) is 19.8. The van der Waals surface area contributed by atoms with Gasteiger partial charge in [-0.15, -0.1) is 0 Å². The number of methoxy groups -OCH3 is 1. The lowest BCUT2D eigenvalue weighted by atomic mass is 9.95. The van der Waals surface area contributed by atoms with Gasteiger partial charge in [-0.05, 0) is 74.4 Å². The van der Waals surface area contributed by atoms with Crippen molar-refractivity contribution in [1.29, 1.82) is 0 Å². The number of fused-ring (bicyclic) bond motifs is 1. The van der Waals surface area contributed by atoms with Crippen LogP contribution in [0.25, 0.3) is 6.08 Å². The Balaban J connectivity index is 1.47. The lowest BCUT2D eigenvalue weighted by molar-refractivity contribution is -0.139. The minimum Gasteiger partial charge on any atom is -0.497 e. The molecule has 0 aliphatic carbocycles. The van der Waals surface area contributed by atoms with Gasteiger partial charge in [-0.3, -0.25) is 9.36 Å². The third kappa shape index (κ3) is 5.76. The molecule has 0 bridgehead atoms. The molecule has 5 rings (SSSR count). The second-order valence-electron chi connectivity index (χ2n) is 9.40. The number of rotatable bonds is 7. The average Bonchev–Trinajstić information content (AvgIpc) is 3.27. The van der Waals surface area contributed by atoms with E-state index in [1.807, 2.05) is 31.2 Å². The summed E-state index contributed by atoms with van der Waals surface area (Å²) in [6, 6.07) is 20.6. The quantitative estimate of drug-likeness (QED) is 0.243. The standard InChI is InChI=1S/C32H28N2O6S/c1-5-39-31(37)27-20(3)33-32-34(28(27)22-10-6-19(2)7-11-22)29(35)26(41-32)18-21-8-14-25(15-9-21)40-30(36)23-12-16-24(38-4)17-13-23/h6-18,28H,5H2,1-4H3/b26-18-/t28-/m0/s1. The van der Waals surface area contributed by atoms with Crippen molar-refractivity contribution >= 4 is 29.4 Å². The topological polar surface area (TPSA) is 96.2 Å². The number of hydrogen-bond acceptors (Lipinski definition) is 8. The van der Waals surface area contributed by atoms with Crippen molar-refractivity contribution < 1.29 is 23.8 Å². The van der Waals surface area contributed by atoms with E-state index in [0.717, 1.165) is 16.7 Å². The summed E-state index contributed by atoms with van der Waals surface area (Å²) in [5.74, 6) is 0.0399. The highest BCUT2D eigenvalue weighted by Crippen LogP contribution is 2.30. The molecule has 8 nitrogen and oxygen atoms in total. The van der Waals surface area contributed by atoms with E-state index in [1.54, 1.807) is 80.1 Å². The van der Waals surface area contributed by atoms with Crippen LogP contribution < -0.4 is 24.4 Å². The summed E-state index contributed by atoms with van der Waals surface area (Å²) in [5.41, 5.74) is 3.61. The monoisotopic (exact) mass is 568 g/mol. The van der Waals surface area contributed by atoms with Crippen LogP contribution in [-0.2, 0) is 9.53 Å². The highest BCUT2D eigenvalue weighted by molar-refractivity contribution is 7.07. The molecule has 41 heavy (non-hydrogen) atoms. The Bertz CT molecular complexity index is 1820. The number of benzene rings is 3. The van der Waals surface area contributed by atoms with Gasteiger partial charge in [0, 0.05) is 0 Å². The minimum atomic E-state index is -0.659. The second-order valence-corrected chi connectivity index (χ2v) is 10.4. The van der Waals surface area contributed by atoms with Gasteiger partial charge in [0.2, 0.25) is 0 Å². The van der Waals surface area contributed by atoms with Crippen LogP contribution in [0, 0.1) is 6.92 Å². The normalized spacial score (nSPS) is 14.7. The van der Waals surface area contributed by atoms with E-state index < -0.39 is 18.0 Å². The van der Waals surface area contributed by atoms with Gasteiger partial charge in [-0.25, -0.2) is 14.6 Å². The zero-order valence-electron chi connectivity index (χ0n) is 23.0. The fraction of sp³-hybridized carbons (Fsp3) is 0.188. The van der Waals surface area contributed by atoms with Crippen LogP contribution in [0.1, 0.15) is 46.9 Å². The highest BCUT2D eigenvalue weighted by atomic mass is 32.1. The fourth-order valence-corrected chi connectivity index (χ4v) is 5.58. The molecule has 0 N–H and O–H groups in total. The molecule has 0 radical (unpaired) electrons. The number of allylic oxidation sites excluding steroid dienone is 1. The third-order valence-electron chi connectivity index (χ3n) is 6.62. The lowest BCUT2D eigenvalue weighted by Crippen LogP contribution is -2.39. The molecule has 1 aromatic heterocycles. The summed E-state index contributed by atoms with van der Waals surface area (Å²) in [6.07, 6.45) is 1.76. The van der Waals surface area contributed by atoms with Crippen LogP contribution in [0.4, 0.5) is 0 Å². The molecule has 1 atom stereocenters. The summed E-state index contributed by atoms with van der Waals surface area (Å²) in [4.78, 5) is 44.4. The number of ether oxygens (including phenoxy) is 3. The van der Waals surface area contributed by atoms with Crippen molar-refractivity contribution in [2.75, 3.05) is 13.7 Å². The zero-order chi connectivity index (χ0) is 29.1. The van der Waals surface area contributed by atoms with Crippen molar-refractivity contribution in [2.45, 2.75) is 26.8 Å². The first kappa shape index (κ1) is 27.8. The molecular weight excluding hydrogens is 540 g/mol. The molecule has 0 spiro atoms.